The fourth-order valence-corrected chi connectivity index (χ4v) is 8.87. The lowest BCUT2D eigenvalue weighted by Crippen LogP contribution is -2.74. The normalized spacial score (nSPS) is 44.5. The van der Waals surface area contributed by atoms with Crippen molar-refractivity contribution in [2.75, 3.05) is 7.11 Å². The predicted molar refractivity (Wildman–Crippen MR) is 132 cm³/mol. The summed E-state index contributed by atoms with van der Waals surface area (Å²) in [4.78, 5) is 66.7. The van der Waals surface area contributed by atoms with Crippen molar-refractivity contribution in [1.82, 2.24) is 0 Å². The number of hydrogen-bond donors (Lipinski definition) is 0. The number of hydrogen-bond acceptors (Lipinski definition) is 11. The molecule has 6 rings (SSSR count). The summed E-state index contributed by atoms with van der Waals surface area (Å²) in [6.07, 6.45) is 2.54. The molecule has 2 unspecified atom stereocenters. The second kappa shape index (κ2) is 8.05. The first-order chi connectivity index (χ1) is 18.7. The van der Waals surface area contributed by atoms with E-state index in [1.54, 1.807) is 26.8 Å². The van der Waals surface area contributed by atoms with Crippen LogP contribution in [0.15, 0.2) is 35.2 Å². The van der Waals surface area contributed by atoms with Gasteiger partial charge in [-0.05, 0) is 33.3 Å². The standard InChI is InChI=1S/C29H32O11/c1-14(30)37-16-12-26(4)21(15-8-10-36-13-15)38-23(33)22-29(26,39-22)27(5)18(31)11-17-25(2,3)40-24(34)28(17,20(16)27)9-7-19(32)35-6/h7-10,13,16-17,20-22H,11-12H2,1-6H3/b9-7-/t16-,17?,20?,21+,22-,26+,27-,28+,29-/m1/s1. The second-order valence-electron chi connectivity index (χ2n) is 12.5. The number of esters is 4. The van der Waals surface area contributed by atoms with Crippen LogP contribution in [-0.4, -0.2) is 60.2 Å². The van der Waals surface area contributed by atoms with Crippen LogP contribution in [0.1, 0.15) is 59.1 Å². The van der Waals surface area contributed by atoms with Crippen molar-refractivity contribution in [2.24, 2.45) is 28.1 Å². The molecule has 4 heterocycles. The van der Waals surface area contributed by atoms with Gasteiger partial charge in [-0.3, -0.25) is 14.4 Å². The molecule has 5 fully saturated rings. The molecule has 214 valence electrons. The zero-order chi connectivity index (χ0) is 29.0. The van der Waals surface area contributed by atoms with E-state index in [4.69, 9.17) is 28.1 Å². The summed E-state index contributed by atoms with van der Waals surface area (Å²) in [6, 6.07) is 1.67. The number of methoxy groups -OCH3 is 1. The molecular formula is C29H32O11. The zero-order valence-corrected chi connectivity index (χ0v) is 23.2. The maximum Gasteiger partial charge on any atom is 0.339 e. The molecule has 5 aliphatic rings. The Kier molecular flexibility index (Phi) is 5.38. The lowest BCUT2D eigenvalue weighted by atomic mass is 9.37. The molecule has 40 heavy (non-hydrogen) atoms. The van der Waals surface area contributed by atoms with E-state index in [9.17, 15) is 24.0 Å². The third-order valence-electron chi connectivity index (χ3n) is 10.3. The highest BCUT2D eigenvalue weighted by molar-refractivity contribution is 5.97. The van der Waals surface area contributed by atoms with Gasteiger partial charge in [0, 0.05) is 42.2 Å². The Morgan fingerprint density at radius 2 is 1.82 bits per heavy atom. The number of carbonyl (C=O) groups is 5. The van der Waals surface area contributed by atoms with Crippen LogP contribution in [0.5, 0.6) is 0 Å². The maximum atomic E-state index is 14.5. The van der Waals surface area contributed by atoms with E-state index in [-0.39, 0.29) is 18.6 Å². The first-order valence-electron chi connectivity index (χ1n) is 13.3. The Balaban J connectivity index is 1.63. The fourth-order valence-electron chi connectivity index (χ4n) is 8.87. The van der Waals surface area contributed by atoms with Gasteiger partial charge in [-0.25, -0.2) is 9.59 Å². The fraction of sp³-hybridized carbons (Fsp3) is 0.621. The first-order valence-corrected chi connectivity index (χ1v) is 13.3. The number of Topliss-reactive ketones (excluding diaryl/α,β-unsaturated/α-hetero) is 1. The van der Waals surface area contributed by atoms with Crippen LogP contribution in [0.4, 0.5) is 0 Å². The van der Waals surface area contributed by atoms with Gasteiger partial charge in [-0.15, -0.1) is 0 Å². The Morgan fingerprint density at radius 1 is 1.10 bits per heavy atom. The SMILES string of the molecule is COC(=O)/C=C\[C@]12C(=O)OC(C)(C)C1CC(=O)[C@]1(C)C2[C@H](OC(C)=O)C[C@@]2(C)[C@H](c3ccoc3)OC(=O)[C@H]3O[C@]321. The van der Waals surface area contributed by atoms with Gasteiger partial charge in [-0.1, -0.05) is 13.0 Å². The van der Waals surface area contributed by atoms with E-state index in [1.807, 2.05) is 6.92 Å². The number of rotatable bonds is 4. The van der Waals surface area contributed by atoms with Crippen LogP contribution in [-0.2, 0) is 47.7 Å². The van der Waals surface area contributed by atoms with Gasteiger partial charge >= 0.3 is 23.9 Å². The van der Waals surface area contributed by atoms with Crippen LogP contribution in [0.3, 0.4) is 0 Å². The van der Waals surface area contributed by atoms with Crippen molar-refractivity contribution in [3.8, 4) is 0 Å². The maximum absolute atomic E-state index is 14.5. The largest absolute Gasteiger partial charge is 0.472 e. The number of cyclic esters (lactones) is 2. The molecule has 3 aliphatic heterocycles. The molecule has 2 aliphatic carbocycles. The second-order valence-corrected chi connectivity index (χ2v) is 12.5. The minimum Gasteiger partial charge on any atom is -0.472 e. The Labute approximate surface area is 230 Å². The lowest BCUT2D eigenvalue weighted by molar-refractivity contribution is -0.235. The number of carbonyl (C=O) groups excluding carboxylic acids is 5. The van der Waals surface area contributed by atoms with Crippen molar-refractivity contribution < 1.29 is 52.1 Å². The molecule has 11 heteroatoms. The smallest absolute Gasteiger partial charge is 0.339 e. The third-order valence-corrected chi connectivity index (χ3v) is 10.3. The van der Waals surface area contributed by atoms with Crippen LogP contribution >= 0.6 is 0 Å². The minimum atomic E-state index is -1.57. The average Bonchev–Trinajstić information content (AvgIpc) is 3.38. The summed E-state index contributed by atoms with van der Waals surface area (Å²) in [5.41, 5.74) is -6.06. The first kappa shape index (κ1) is 26.7. The molecule has 2 saturated carbocycles. The number of ketones is 1. The minimum absolute atomic E-state index is 0.0913. The van der Waals surface area contributed by atoms with Crippen molar-refractivity contribution in [1.29, 1.82) is 0 Å². The zero-order valence-electron chi connectivity index (χ0n) is 23.2. The molecule has 1 aromatic heterocycles. The van der Waals surface area contributed by atoms with Crippen LogP contribution < -0.4 is 0 Å². The van der Waals surface area contributed by atoms with Gasteiger partial charge in [-0.2, -0.15) is 0 Å². The number of ether oxygens (including phenoxy) is 5. The quantitative estimate of drug-likeness (QED) is 0.233. The van der Waals surface area contributed by atoms with Crippen molar-refractivity contribution in [3.05, 3.63) is 36.3 Å². The van der Waals surface area contributed by atoms with Crippen molar-refractivity contribution in [3.63, 3.8) is 0 Å². The highest BCUT2D eigenvalue weighted by Crippen LogP contribution is 2.79. The Bertz CT molecular complexity index is 1360. The van der Waals surface area contributed by atoms with E-state index in [2.05, 4.69) is 0 Å². The average molecular weight is 557 g/mol. The molecule has 1 aromatic rings. The van der Waals surface area contributed by atoms with E-state index in [0.717, 1.165) is 6.08 Å². The molecule has 1 spiro atoms. The molecule has 0 N–H and O–H groups in total. The van der Waals surface area contributed by atoms with Crippen LogP contribution in [0, 0.1) is 28.1 Å². The van der Waals surface area contributed by atoms with E-state index in [0.29, 0.717) is 5.56 Å². The molecule has 11 nitrogen and oxygen atoms in total. The van der Waals surface area contributed by atoms with Crippen LogP contribution in [0.25, 0.3) is 0 Å². The summed E-state index contributed by atoms with van der Waals surface area (Å²) >= 11 is 0. The van der Waals surface area contributed by atoms with E-state index < -0.39 is 81.5 Å². The lowest BCUT2D eigenvalue weighted by Gasteiger charge is -2.64. The molecule has 0 radical (unpaired) electrons. The van der Waals surface area contributed by atoms with Gasteiger partial charge in [0.1, 0.15) is 34.6 Å². The highest BCUT2D eigenvalue weighted by Gasteiger charge is 2.91. The molecular weight excluding hydrogens is 524 g/mol. The van der Waals surface area contributed by atoms with E-state index in [1.165, 1.54) is 32.6 Å². The van der Waals surface area contributed by atoms with Gasteiger partial charge in [0.15, 0.2) is 6.10 Å². The molecule has 0 amide bonds. The van der Waals surface area contributed by atoms with Crippen molar-refractivity contribution in [2.45, 2.75) is 77.0 Å². The summed E-state index contributed by atoms with van der Waals surface area (Å²) in [6.45, 7) is 8.22. The monoisotopic (exact) mass is 556 g/mol. The summed E-state index contributed by atoms with van der Waals surface area (Å²) < 4.78 is 34.1. The molecule has 3 saturated heterocycles. The topological polar surface area (TPSA) is 148 Å². The Hall–Kier alpha value is -3.47. The Morgan fingerprint density at radius 3 is 2.45 bits per heavy atom. The summed E-state index contributed by atoms with van der Waals surface area (Å²) in [7, 11) is 1.21. The summed E-state index contributed by atoms with van der Waals surface area (Å²) in [5, 5.41) is 0. The van der Waals surface area contributed by atoms with Crippen LogP contribution in [0.2, 0.25) is 0 Å². The highest BCUT2D eigenvalue weighted by atomic mass is 16.7. The van der Waals surface area contributed by atoms with Gasteiger partial charge in [0.05, 0.1) is 25.1 Å². The van der Waals surface area contributed by atoms with Gasteiger partial charge in [0.2, 0.25) is 0 Å². The van der Waals surface area contributed by atoms with Gasteiger partial charge < -0.3 is 28.1 Å². The van der Waals surface area contributed by atoms with Gasteiger partial charge in [0.25, 0.3) is 0 Å². The molecule has 9 atom stereocenters. The van der Waals surface area contributed by atoms with Crippen molar-refractivity contribution >= 4 is 29.7 Å². The van der Waals surface area contributed by atoms with E-state index >= 15 is 0 Å². The number of furan rings is 1. The molecule has 0 bridgehead atoms. The summed E-state index contributed by atoms with van der Waals surface area (Å²) in [5.74, 6) is -4.56. The molecule has 0 aromatic carbocycles. The predicted octanol–water partition coefficient (Wildman–Crippen LogP) is 2.62. The number of fused-ring (bicyclic) bond motifs is 3. The third kappa shape index (κ3) is 2.96. The number of epoxide rings is 1.